The van der Waals surface area contributed by atoms with Crippen LogP contribution in [-0.4, -0.2) is 35.8 Å². The third-order valence-corrected chi connectivity index (χ3v) is 7.16. The van der Waals surface area contributed by atoms with Crippen molar-refractivity contribution in [3.63, 3.8) is 0 Å². The zero-order chi connectivity index (χ0) is 16.9. The van der Waals surface area contributed by atoms with E-state index in [4.69, 9.17) is 0 Å². The monoisotopic (exact) mass is 332 g/mol. The van der Waals surface area contributed by atoms with Crippen LogP contribution in [0.15, 0.2) is 0 Å². The van der Waals surface area contributed by atoms with Crippen LogP contribution >= 0.6 is 0 Å². The van der Waals surface area contributed by atoms with Gasteiger partial charge in [0.15, 0.2) is 0 Å². The molecule has 0 radical (unpaired) electrons. The highest BCUT2D eigenvalue weighted by molar-refractivity contribution is 5.83. The Hall–Kier alpha value is -1.06. The lowest BCUT2D eigenvalue weighted by Crippen LogP contribution is -2.56. The van der Waals surface area contributed by atoms with Crippen LogP contribution in [0.5, 0.6) is 0 Å². The van der Waals surface area contributed by atoms with E-state index in [-0.39, 0.29) is 23.3 Å². The van der Waals surface area contributed by atoms with Gasteiger partial charge in [-0.15, -0.1) is 0 Å². The molecule has 5 rings (SSSR count). The molecule has 1 aliphatic heterocycles. The van der Waals surface area contributed by atoms with E-state index in [1.807, 2.05) is 18.7 Å². The molecule has 0 unspecified atom stereocenters. The predicted octanol–water partition coefficient (Wildman–Crippen LogP) is 2.97. The fourth-order valence-corrected chi connectivity index (χ4v) is 6.34. The first-order valence-electron chi connectivity index (χ1n) is 10.0. The van der Waals surface area contributed by atoms with Crippen LogP contribution < -0.4 is 5.32 Å². The van der Waals surface area contributed by atoms with E-state index < -0.39 is 0 Å². The van der Waals surface area contributed by atoms with E-state index in [1.54, 1.807) is 0 Å². The number of piperidine rings is 1. The fourth-order valence-electron chi connectivity index (χ4n) is 6.34. The molecule has 1 saturated heterocycles. The molecule has 24 heavy (non-hydrogen) atoms. The lowest BCUT2D eigenvalue weighted by Gasteiger charge is -2.56. The molecule has 4 aliphatic carbocycles. The smallest absolute Gasteiger partial charge is 0.226 e. The molecule has 4 saturated carbocycles. The maximum Gasteiger partial charge on any atom is 0.226 e. The Morgan fingerprint density at radius 1 is 0.958 bits per heavy atom. The van der Waals surface area contributed by atoms with Gasteiger partial charge >= 0.3 is 0 Å². The molecule has 0 aromatic rings. The summed E-state index contributed by atoms with van der Waals surface area (Å²) >= 11 is 0. The maximum absolute atomic E-state index is 13.1. The van der Waals surface area contributed by atoms with Gasteiger partial charge in [-0.1, -0.05) is 13.8 Å². The van der Waals surface area contributed by atoms with E-state index >= 15 is 0 Å². The second kappa shape index (κ2) is 6.03. The van der Waals surface area contributed by atoms with Crippen molar-refractivity contribution in [1.29, 1.82) is 0 Å². The quantitative estimate of drug-likeness (QED) is 0.864. The van der Waals surface area contributed by atoms with Gasteiger partial charge in [-0.3, -0.25) is 9.59 Å². The normalized spacial score (nSPS) is 38.6. The first-order valence-corrected chi connectivity index (χ1v) is 10.0. The zero-order valence-corrected chi connectivity index (χ0v) is 15.2. The lowest BCUT2D eigenvalue weighted by atomic mass is 9.49. The molecule has 0 atom stereocenters. The van der Waals surface area contributed by atoms with Crippen molar-refractivity contribution in [3.8, 4) is 0 Å². The van der Waals surface area contributed by atoms with Crippen LogP contribution in [-0.2, 0) is 9.59 Å². The van der Waals surface area contributed by atoms with Crippen LogP contribution in [0.1, 0.15) is 65.2 Å². The summed E-state index contributed by atoms with van der Waals surface area (Å²) in [6, 6.07) is 0.265. The third kappa shape index (κ3) is 2.86. The zero-order valence-electron chi connectivity index (χ0n) is 15.2. The van der Waals surface area contributed by atoms with Gasteiger partial charge in [-0.05, 0) is 69.1 Å². The number of hydrogen-bond acceptors (Lipinski definition) is 2. The van der Waals surface area contributed by atoms with Crippen molar-refractivity contribution in [1.82, 2.24) is 10.2 Å². The average Bonchev–Trinajstić information content (AvgIpc) is 2.53. The Kier molecular flexibility index (Phi) is 4.12. The Bertz CT molecular complexity index is 484. The third-order valence-electron chi connectivity index (χ3n) is 7.16. The maximum atomic E-state index is 13.1. The van der Waals surface area contributed by atoms with Crippen molar-refractivity contribution in [2.24, 2.45) is 29.1 Å². The van der Waals surface area contributed by atoms with E-state index in [0.717, 1.165) is 62.9 Å². The van der Waals surface area contributed by atoms with Crippen molar-refractivity contribution in [3.05, 3.63) is 0 Å². The molecule has 134 valence electrons. The number of amides is 2. The minimum absolute atomic E-state index is 0.0420. The number of rotatable bonds is 3. The number of likely N-dealkylation sites (tertiary alicyclic amines) is 1. The summed E-state index contributed by atoms with van der Waals surface area (Å²) in [4.78, 5) is 27.2. The summed E-state index contributed by atoms with van der Waals surface area (Å²) in [5, 5.41) is 3.39. The van der Waals surface area contributed by atoms with Gasteiger partial charge in [0.2, 0.25) is 11.8 Å². The standard InChI is InChI=1S/C20H32N2O2/c1-13(2)18(23)22-5-3-17(4-6-22)21-19(24)20-10-14-7-15(11-20)9-16(8-14)12-20/h13-17H,3-12H2,1-2H3,(H,21,24). The first kappa shape index (κ1) is 16.4. The number of hydrogen-bond donors (Lipinski definition) is 1. The molecular formula is C20H32N2O2. The number of carbonyl (C=O) groups excluding carboxylic acids is 2. The van der Waals surface area contributed by atoms with E-state index in [0.29, 0.717) is 5.91 Å². The van der Waals surface area contributed by atoms with E-state index in [9.17, 15) is 9.59 Å². The Morgan fingerprint density at radius 3 is 1.92 bits per heavy atom. The van der Waals surface area contributed by atoms with Crippen molar-refractivity contribution in [2.75, 3.05) is 13.1 Å². The molecule has 0 aromatic heterocycles. The minimum Gasteiger partial charge on any atom is -0.353 e. The van der Waals surface area contributed by atoms with Gasteiger partial charge in [0.05, 0.1) is 0 Å². The van der Waals surface area contributed by atoms with Gasteiger partial charge in [0.1, 0.15) is 0 Å². The highest BCUT2D eigenvalue weighted by Gasteiger charge is 2.54. The van der Waals surface area contributed by atoms with Crippen LogP contribution in [0.4, 0.5) is 0 Å². The molecular weight excluding hydrogens is 300 g/mol. The molecule has 5 fully saturated rings. The van der Waals surface area contributed by atoms with Crippen molar-refractivity contribution >= 4 is 11.8 Å². The summed E-state index contributed by atoms with van der Waals surface area (Å²) in [5.41, 5.74) is -0.0420. The highest BCUT2D eigenvalue weighted by atomic mass is 16.2. The van der Waals surface area contributed by atoms with Gasteiger partial charge < -0.3 is 10.2 Å². The Balaban J connectivity index is 1.34. The second-order valence-electron chi connectivity index (χ2n) is 9.43. The summed E-state index contributed by atoms with van der Waals surface area (Å²) in [6.45, 7) is 5.51. The number of nitrogens with one attached hydrogen (secondary N) is 1. The topological polar surface area (TPSA) is 49.4 Å². The second-order valence-corrected chi connectivity index (χ2v) is 9.43. The van der Waals surface area contributed by atoms with Crippen molar-refractivity contribution < 1.29 is 9.59 Å². The number of nitrogens with zero attached hydrogens (tertiary/aromatic N) is 1. The SMILES string of the molecule is CC(C)C(=O)N1CCC(NC(=O)C23CC4CC(CC(C4)C2)C3)CC1. The van der Waals surface area contributed by atoms with Crippen LogP contribution in [0.25, 0.3) is 0 Å². The summed E-state index contributed by atoms with van der Waals surface area (Å²) in [6.07, 6.45) is 9.36. The molecule has 4 nitrogen and oxygen atoms in total. The summed E-state index contributed by atoms with van der Waals surface area (Å²) in [5.74, 6) is 3.10. The largest absolute Gasteiger partial charge is 0.353 e. The molecule has 2 amide bonds. The van der Waals surface area contributed by atoms with Gasteiger partial charge in [-0.25, -0.2) is 0 Å². The molecule has 1 heterocycles. The summed E-state index contributed by atoms with van der Waals surface area (Å²) in [7, 11) is 0. The van der Waals surface area contributed by atoms with Crippen LogP contribution in [0, 0.1) is 29.1 Å². The highest BCUT2D eigenvalue weighted by Crippen LogP contribution is 2.60. The molecule has 0 aromatic carbocycles. The molecule has 0 spiro atoms. The van der Waals surface area contributed by atoms with E-state index in [1.165, 1.54) is 19.3 Å². The molecule has 4 heteroatoms. The Labute approximate surface area is 145 Å². The minimum atomic E-state index is -0.0420. The average molecular weight is 332 g/mol. The molecule has 4 bridgehead atoms. The fraction of sp³-hybridized carbons (Fsp3) is 0.900. The number of carbonyl (C=O) groups is 2. The summed E-state index contributed by atoms with van der Waals surface area (Å²) < 4.78 is 0. The van der Waals surface area contributed by atoms with Gasteiger partial charge in [0, 0.05) is 30.5 Å². The first-order chi connectivity index (χ1) is 11.4. The van der Waals surface area contributed by atoms with E-state index in [2.05, 4.69) is 5.32 Å². The molecule has 5 aliphatic rings. The van der Waals surface area contributed by atoms with Crippen LogP contribution in [0.2, 0.25) is 0 Å². The molecule has 1 N–H and O–H groups in total. The lowest BCUT2D eigenvalue weighted by molar-refractivity contribution is -0.147. The van der Waals surface area contributed by atoms with Crippen LogP contribution in [0.3, 0.4) is 0 Å². The Morgan fingerprint density at radius 2 is 1.46 bits per heavy atom. The predicted molar refractivity (Wildman–Crippen MR) is 93.2 cm³/mol. The van der Waals surface area contributed by atoms with Gasteiger partial charge in [0.25, 0.3) is 0 Å². The van der Waals surface area contributed by atoms with Gasteiger partial charge in [-0.2, -0.15) is 0 Å². The van der Waals surface area contributed by atoms with Crippen molar-refractivity contribution in [2.45, 2.75) is 71.3 Å².